The van der Waals surface area contributed by atoms with E-state index in [1.807, 2.05) is 0 Å². The van der Waals surface area contributed by atoms with Gasteiger partial charge in [-0.05, 0) is 40.5 Å². The zero-order chi connectivity index (χ0) is 11.0. The molecule has 1 fully saturated rings. The SMILES string of the molecule is CC1(C)CC(NC(=O)O)CC(C)(C)N1. The van der Waals surface area contributed by atoms with E-state index in [0.29, 0.717) is 0 Å². The van der Waals surface area contributed by atoms with Crippen LogP contribution in [0.15, 0.2) is 0 Å². The minimum absolute atomic E-state index is 0.00509. The normalized spacial score (nSPS) is 25.7. The molecule has 1 amide bonds. The first-order valence-corrected chi connectivity index (χ1v) is 4.99. The molecular formula is C10H20N2O2. The molecule has 82 valence electrons. The van der Waals surface area contributed by atoms with E-state index in [9.17, 15) is 4.79 Å². The molecule has 0 bridgehead atoms. The summed E-state index contributed by atoms with van der Waals surface area (Å²) >= 11 is 0. The molecule has 3 N–H and O–H groups in total. The Morgan fingerprint density at radius 3 is 2.07 bits per heavy atom. The average Bonchev–Trinajstić information content (AvgIpc) is 1.74. The first-order chi connectivity index (χ1) is 6.20. The average molecular weight is 200 g/mol. The minimum atomic E-state index is -0.927. The summed E-state index contributed by atoms with van der Waals surface area (Å²) in [5, 5.41) is 14.7. The number of carboxylic acid groups (broad SMARTS) is 1. The molecule has 1 aliphatic rings. The van der Waals surface area contributed by atoms with E-state index in [0.717, 1.165) is 12.8 Å². The largest absolute Gasteiger partial charge is 0.465 e. The Kier molecular flexibility index (Phi) is 2.76. The van der Waals surface area contributed by atoms with Crippen molar-refractivity contribution in [2.24, 2.45) is 0 Å². The van der Waals surface area contributed by atoms with Gasteiger partial charge in [0.1, 0.15) is 0 Å². The summed E-state index contributed by atoms with van der Waals surface area (Å²) < 4.78 is 0. The third-order valence-electron chi connectivity index (χ3n) is 2.52. The lowest BCUT2D eigenvalue weighted by molar-refractivity contribution is 0.136. The zero-order valence-corrected chi connectivity index (χ0v) is 9.35. The quantitative estimate of drug-likeness (QED) is 0.602. The molecule has 0 radical (unpaired) electrons. The molecule has 14 heavy (non-hydrogen) atoms. The van der Waals surface area contributed by atoms with Crippen molar-refractivity contribution in [2.75, 3.05) is 0 Å². The van der Waals surface area contributed by atoms with Crippen LogP contribution < -0.4 is 10.6 Å². The molecule has 0 unspecified atom stereocenters. The van der Waals surface area contributed by atoms with Gasteiger partial charge in [0.15, 0.2) is 0 Å². The third-order valence-corrected chi connectivity index (χ3v) is 2.52. The van der Waals surface area contributed by atoms with E-state index in [-0.39, 0.29) is 17.1 Å². The molecule has 0 saturated carbocycles. The van der Waals surface area contributed by atoms with E-state index in [1.54, 1.807) is 0 Å². The van der Waals surface area contributed by atoms with Gasteiger partial charge in [0.05, 0.1) is 0 Å². The Morgan fingerprint density at radius 2 is 1.71 bits per heavy atom. The summed E-state index contributed by atoms with van der Waals surface area (Å²) in [6.45, 7) is 8.41. The lowest BCUT2D eigenvalue weighted by atomic mass is 9.80. The summed E-state index contributed by atoms with van der Waals surface area (Å²) in [5.74, 6) is 0. The van der Waals surface area contributed by atoms with Crippen LogP contribution in [0.3, 0.4) is 0 Å². The molecule has 4 nitrogen and oxygen atoms in total. The molecule has 1 aliphatic heterocycles. The zero-order valence-electron chi connectivity index (χ0n) is 9.35. The number of carbonyl (C=O) groups is 1. The highest BCUT2D eigenvalue weighted by Crippen LogP contribution is 2.28. The first kappa shape index (κ1) is 11.3. The summed E-state index contributed by atoms with van der Waals surface area (Å²) in [6, 6.07) is 0.0544. The summed E-state index contributed by atoms with van der Waals surface area (Å²) in [7, 11) is 0. The highest BCUT2D eigenvalue weighted by Gasteiger charge is 2.38. The van der Waals surface area contributed by atoms with E-state index in [2.05, 4.69) is 38.3 Å². The second-order valence-electron chi connectivity index (χ2n) is 5.45. The van der Waals surface area contributed by atoms with Gasteiger partial charge in [0.25, 0.3) is 0 Å². The number of nitrogens with one attached hydrogen (secondary N) is 2. The lowest BCUT2D eigenvalue weighted by Gasteiger charge is -2.46. The Labute approximate surface area is 85.1 Å². The Morgan fingerprint density at radius 1 is 1.29 bits per heavy atom. The van der Waals surface area contributed by atoms with Crippen LogP contribution in [-0.2, 0) is 0 Å². The van der Waals surface area contributed by atoms with Gasteiger partial charge in [-0.3, -0.25) is 0 Å². The fraction of sp³-hybridized carbons (Fsp3) is 0.900. The van der Waals surface area contributed by atoms with Crippen molar-refractivity contribution in [1.29, 1.82) is 0 Å². The summed E-state index contributed by atoms with van der Waals surface area (Å²) in [6.07, 6.45) is 0.745. The summed E-state index contributed by atoms with van der Waals surface area (Å²) in [5.41, 5.74) is -0.0102. The number of piperidine rings is 1. The number of rotatable bonds is 1. The molecular weight excluding hydrogens is 180 g/mol. The maximum atomic E-state index is 10.6. The number of hydrogen-bond acceptors (Lipinski definition) is 2. The Balaban J connectivity index is 2.66. The van der Waals surface area contributed by atoms with Crippen molar-refractivity contribution in [1.82, 2.24) is 10.6 Å². The number of amides is 1. The fourth-order valence-corrected chi connectivity index (χ4v) is 2.60. The van der Waals surface area contributed by atoms with E-state index >= 15 is 0 Å². The van der Waals surface area contributed by atoms with Gasteiger partial charge in [-0.1, -0.05) is 0 Å². The molecule has 0 aromatic heterocycles. The van der Waals surface area contributed by atoms with Gasteiger partial charge >= 0.3 is 6.09 Å². The molecule has 0 aromatic carbocycles. The molecule has 0 aromatic rings. The predicted molar refractivity (Wildman–Crippen MR) is 55.5 cm³/mol. The second kappa shape index (κ2) is 3.42. The molecule has 1 heterocycles. The Hall–Kier alpha value is -0.770. The van der Waals surface area contributed by atoms with E-state index < -0.39 is 6.09 Å². The molecule has 1 saturated heterocycles. The molecule has 0 atom stereocenters. The third kappa shape index (κ3) is 3.18. The van der Waals surface area contributed by atoms with Crippen LogP contribution >= 0.6 is 0 Å². The van der Waals surface area contributed by atoms with Crippen LogP contribution in [0.1, 0.15) is 40.5 Å². The van der Waals surface area contributed by atoms with Crippen molar-refractivity contribution < 1.29 is 9.90 Å². The number of hydrogen-bond donors (Lipinski definition) is 3. The van der Waals surface area contributed by atoms with Crippen molar-refractivity contribution in [3.8, 4) is 0 Å². The van der Waals surface area contributed by atoms with Gasteiger partial charge in [0.2, 0.25) is 0 Å². The highest BCUT2D eigenvalue weighted by atomic mass is 16.4. The van der Waals surface area contributed by atoms with Crippen LogP contribution in [0.2, 0.25) is 0 Å². The second-order valence-corrected chi connectivity index (χ2v) is 5.45. The molecule has 4 heteroatoms. The van der Waals surface area contributed by atoms with Crippen LogP contribution in [0, 0.1) is 0 Å². The topological polar surface area (TPSA) is 61.4 Å². The van der Waals surface area contributed by atoms with Gasteiger partial charge in [0, 0.05) is 17.1 Å². The maximum absolute atomic E-state index is 10.6. The van der Waals surface area contributed by atoms with Crippen molar-refractivity contribution in [3.63, 3.8) is 0 Å². The molecule has 0 spiro atoms. The van der Waals surface area contributed by atoms with E-state index in [1.165, 1.54) is 0 Å². The van der Waals surface area contributed by atoms with Crippen LogP contribution in [0.4, 0.5) is 4.79 Å². The van der Waals surface area contributed by atoms with E-state index in [4.69, 9.17) is 5.11 Å². The van der Waals surface area contributed by atoms with Crippen molar-refractivity contribution in [3.05, 3.63) is 0 Å². The fourth-order valence-electron chi connectivity index (χ4n) is 2.60. The smallest absolute Gasteiger partial charge is 0.404 e. The molecule has 1 rings (SSSR count). The van der Waals surface area contributed by atoms with Crippen molar-refractivity contribution in [2.45, 2.75) is 57.7 Å². The van der Waals surface area contributed by atoms with Crippen molar-refractivity contribution >= 4 is 6.09 Å². The van der Waals surface area contributed by atoms with Crippen LogP contribution in [0.25, 0.3) is 0 Å². The first-order valence-electron chi connectivity index (χ1n) is 4.99. The Bertz CT molecular complexity index is 220. The predicted octanol–water partition coefficient (Wildman–Crippen LogP) is 1.56. The molecule has 0 aliphatic carbocycles. The van der Waals surface area contributed by atoms with Crippen LogP contribution in [0.5, 0.6) is 0 Å². The lowest BCUT2D eigenvalue weighted by Crippen LogP contribution is -2.62. The minimum Gasteiger partial charge on any atom is -0.465 e. The summed E-state index contributed by atoms with van der Waals surface area (Å²) in [4.78, 5) is 10.6. The van der Waals surface area contributed by atoms with Gasteiger partial charge in [-0.15, -0.1) is 0 Å². The monoisotopic (exact) mass is 200 g/mol. The standard InChI is InChI=1S/C10H20N2O2/c1-9(2)5-7(11-8(13)14)6-10(3,4)12-9/h7,11-12H,5-6H2,1-4H3,(H,13,14). The van der Waals surface area contributed by atoms with Gasteiger partial charge in [-0.2, -0.15) is 0 Å². The maximum Gasteiger partial charge on any atom is 0.404 e. The van der Waals surface area contributed by atoms with Crippen LogP contribution in [-0.4, -0.2) is 28.3 Å². The highest BCUT2D eigenvalue weighted by molar-refractivity contribution is 5.64. The van der Waals surface area contributed by atoms with Gasteiger partial charge < -0.3 is 15.7 Å². The van der Waals surface area contributed by atoms with Gasteiger partial charge in [-0.25, -0.2) is 4.79 Å².